The van der Waals surface area contributed by atoms with Gasteiger partial charge in [0.05, 0.1) is 0 Å². The number of thiophene rings is 1. The maximum Gasteiger partial charge on any atom is 0.255 e. The topological polar surface area (TPSA) is 68.5 Å². The predicted octanol–water partition coefficient (Wildman–Crippen LogP) is 2.53. The molecule has 0 unspecified atom stereocenters. The number of rotatable bonds is 4. The fourth-order valence-electron chi connectivity index (χ4n) is 1.83. The number of anilines is 1. The maximum absolute atomic E-state index is 4.51. The molecule has 0 aliphatic rings. The number of nitrogens with one attached hydrogen (secondary N) is 1. The summed E-state index contributed by atoms with van der Waals surface area (Å²) in [5.41, 5.74) is 1.03. The Hall–Kier alpha value is -2.28. The summed E-state index contributed by atoms with van der Waals surface area (Å²) in [4.78, 5) is 14.5. The summed E-state index contributed by atoms with van der Waals surface area (Å²) < 4.78 is 1.63. The Kier molecular flexibility index (Phi) is 3.42. The van der Waals surface area contributed by atoms with Crippen LogP contribution in [0.2, 0.25) is 0 Å². The standard InChI is InChI=1S/C13H14N6S/c1-3-14-12-16-11(10-5-8-20-9(10)2)17-13(18-12)19-7-4-6-15-19/h4-8H,3H2,1-2H3,(H,14,16,17,18). The van der Waals surface area contributed by atoms with E-state index in [0.717, 1.165) is 12.1 Å². The molecular formula is C13H14N6S. The van der Waals surface area contributed by atoms with Crippen molar-refractivity contribution in [3.63, 3.8) is 0 Å². The Morgan fingerprint density at radius 1 is 1.30 bits per heavy atom. The van der Waals surface area contributed by atoms with Crippen LogP contribution in [0.15, 0.2) is 29.9 Å². The summed E-state index contributed by atoms with van der Waals surface area (Å²) >= 11 is 1.68. The van der Waals surface area contributed by atoms with E-state index < -0.39 is 0 Å². The summed E-state index contributed by atoms with van der Waals surface area (Å²) in [5, 5.41) is 9.34. The monoisotopic (exact) mass is 286 g/mol. The van der Waals surface area contributed by atoms with Crippen LogP contribution in [0.1, 0.15) is 11.8 Å². The first-order valence-electron chi connectivity index (χ1n) is 6.32. The average Bonchev–Trinajstić information content (AvgIpc) is 3.09. The molecule has 0 aromatic carbocycles. The summed E-state index contributed by atoms with van der Waals surface area (Å²) in [6.45, 7) is 4.82. The van der Waals surface area contributed by atoms with Crippen molar-refractivity contribution < 1.29 is 0 Å². The minimum Gasteiger partial charge on any atom is -0.354 e. The van der Waals surface area contributed by atoms with Gasteiger partial charge in [-0.3, -0.25) is 0 Å². The lowest BCUT2D eigenvalue weighted by atomic mass is 10.2. The molecule has 1 N–H and O–H groups in total. The van der Waals surface area contributed by atoms with Crippen LogP contribution in [-0.4, -0.2) is 31.3 Å². The number of nitrogens with zero attached hydrogens (tertiary/aromatic N) is 5. The van der Waals surface area contributed by atoms with Gasteiger partial charge in [0.25, 0.3) is 5.95 Å². The molecular weight excluding hydrogens is 272 g/mol. The Morgan fingerprint density at radius 2 is 2.20 bits per heavy atom. The Bertz CT molecular complexity index is 703. The second-order valence-corrected chi connectivity index (χ2v) is 5.27. The zero-order chi connectivity index (χ0) is 13.9. The second-order valence-electron chi connectivity index (χ2n) is 4.15. The highest BCUT2D eigenvalue weighted by atomic mass is 32.1. The van der Waals surface area contributed by atoms with Crippen LogP contribution >= 0.6 is 11.3 Å². The lowest BCUT2D eigenvalue weighted by Gasteiger charge is -2.07. The van der Waals surface area contributed by atoms with Crippen LogP contribution in [-0.2, 0) is 0 Å². The van der Waals surface area contributed by atoms with Gasteiger partial charge in [0, 0.05) is 29.4 Å². The predicted molar refractivity (Wildman–Crippen MR) is 79.2 cm³/mol. The van der Waals surface area contributed by atoms with Gasteiger partial charge < -0.3 is 5.32 Å². The highest BCUT2D eigenvalue weighted by Gasteiger charge is 2.12. The number of hydrogen-bond acceptors (Lipinski definition) is 6. The molecule has 102 valence electrons. The van der Waals surface area contributed by atoms with Gasteiger partial charge in [0.1, 0.15) is 0 Å². The van der Waals surface area contributed by atoms with Crippen molar-refractivity contribution >= 4 is 17.3 Å². The second kappa shape index (κ2) is 5.38. The molecule has 6 nitrogen and oxygen atoms in total. The van der Waals surface area contributed by atoms with E-state index in [4.69, 9.17) is 0 Å². The zero-order valence-corrected chi connectivity index (χ0v) is 12.1. The Morgan fingerprint density at radius 3 is 2.85 bits per heavy atom. The van der Waals surface area contributed by atoms with Gasteiger partial charge in [-0.2, -0.15) is 20.1 Å². The normalized spacial score (nSPS) is 10.7. The summed E-state index contributed by atoms with van der Waals surface area (Å²) in [6, 6.07) is 3.87. The van der Waals surface area contributed by atoms with E-state index >= 15 is 0 Å². The van der Waals surface area contributed by atoms with E-state index in [1.54, 1.807) is 22.2 Å². The van der Waals surface area contributed by atoms with Crippen LogP contribution in [0.5, 0.6) is 0 Å². The molecule has 7 heteroatoms. The minimum absolute atomic E-state index is 0.515. The molecule has 0 saturated carbocycles. The lowest BCUT2D eigenvalue weighted by molar-refractivity contribution is 0.798. The zero-order valence-electron chi connectivity index (χ0n) is 11.2. The van der Waals surface area contributed by atoms with Crippen molar-refractivity contribution in [3.05, 3.63) is 34.8 Å². The van der Waals surface area contributed by atoms with Crippen molar-refractivity contribution in [3.8, 4) is 17.3 Å². The van der Waals surface area contributed by atoms with E-state index in [1.165, 1.54) is 4.88 Å². The summed E-state index contributed by atoms with van der Waals surface area (Å²) in [5.74, 6) is 1.75. The molecule has 0 saturated heterocycles. The molecule has 0 fully saturated rings. The molecule has 0 amide bonds. The van der Waals surface area contributed by atoms with E-state index in [2.05, 4.69) is 32.3 Å². The van der Waals surface area contributed by atoms with Gasteiger partial charge in [0.2, 0.25) is 5.95 Å². The van der Waals surface area contributed by atoms with E-state index in [-0.39, 0.29) is 0 Å². The third-order valence-electron chi connectivity index (χ3n) is 2.77. The van der Waals surface area contributed by atoms with Crippen LogP contribution in [0.4, 0.5) is 5.95 Å². The lowest BCUT2D eigenvalue weighted by Crippen LogP contribution is -2.10. The van der Waals surface area contributed by atoms with Crippen LogP contribution in [0.3, 0.4) is 0 Å². The fraction of sp³-hybridized carbons (Fsp3) is 0.231. The molecule has 0 spiro atoms. The quantitative estimate of drug-likeness (QED) is 0.798. The first kappa shape index (κ1) is 12.7. The van der Waals surface area contributed by atoms with Crippen molar-refractivity contribution in [2.75, 3.05) is 11.9 Å². The van der Waals surface area contributed by atoms with Gasteiger partial charge in [-0.05, 0) is 31.4 Å². The number of hydrogen-bond donors (Lipinski definition) is 1. The maximum atomic E-state index is 4.51. The molecule has 3 rings (SSSR count). The SMILES string of the molecule is CCNc1nc(-c2ccsc2C)nc(-n2cccn2)n1. The number of aromatic nitrogens is 5. The molecule has 3 aromatic rings. The summed E-state index contributed by atoms with van der Waals surface area (Å²) in [7, 11) is 0. The van der Waals surface area contributed by atoms with Gasteiger partial charge in [-0.25, -0.2) is 4.68 Å². The average molecular weight is 286 g/mol. The highest BCUT2D eigenvalue weighted by molar-refractivity contribution is 7.10. The van der Waals surface area contributed by atoms with E-state index in [0.29, 0.717) is 17.7 Å². The van der Waals surface area contributed by atoms with Gasteiger partial charge in [-0.15, -0.1) is 11.3 Å². The van der Waals surface area contributed by atoms with E-state index in [9.17, 15) is 0 Å². The molecule has 20 heavy (non-hydrogen) atoms. The van der Waals surface area contributed by atoms with Crippen molar-refractivity contribution in [1.82, 2.24) is 24.7 Å². The fourth-order valence-corrected chi connectivity index (χ4v) is 2.52. The molecule has 3 aromatic heterocycles. The third-order valence-corrected chi connectivity index (χ3v) is 3.61. The van der Waals surface area contributed by atoms with Crippen molar-refractivity contribution in [1.29, 1.82) is 0 Å². The molecule has 0 radical (unpaired) electrons. The highest BCUT2D eigenvalue weighted by Crippen LogP contribution is 2.25. The Labute approximate surface area is 120 Å². The largest absolute Gasteiger partial charge is 0.354 e. The molecule has 0 atom stereocenters. The molecule has 3 heterocycles. The smallest absolute Gasteiger partial charge is 0.255 e. The van der Waals surface area contributed by atoms with Crippen LogP contribution < -0.4 is 5.32 Å². The first-order valence-corrected chi connectivity index (χ1v) is 7.20. The van der Waals surface area contributed by atoms with Crippen LogP contribution in [0, 0.1) is 6.92 Å². The molecule has 0 bridgehead atoms. The van der Waals surface area contributed by atoms with Gasteiger partial charge in [-0.1, -0.05) is 0 Å². The van der Waals surface area contributed by atoms with Crippen molar-refractivity contribution in [2.24, 2.45) is 0 Å². The van der Waals surface area contributed by atoms with Gasteiger partial charge in [0.15, 0.2) is 5.82 Å². The van der Waals surface area contributed by atoms with Crippen molar-refractivity contribution in [2.45, 2.75) is 13.8 Å². The third kappa shape index (κ3) is 2.39. The van der Waals surface area contributed by atoms with Gasteiger partial charge >= 0.3 is 0 Å². The first-order chi connectivity index (χ1) is 9.78. The Balaban J connectivity index is 2.12. The minimum atomic E-state index is 0.515. The van der Waals surface area contributed by atoms with Crippen LogP contribution in [0.25, 0.3) is 17.3 Å². The summed E-state index contributed by atoms with van der Waals surface area (Å²) in [6.07, 6.45) is 3.52. The molecule has 0 aliphatic carbocycles. The molecule has 0 aliphatic heterocycles. The van der Waals surface area contributed by atoms with E-state index in [1.807, 2.05) is 30.6 Å². The number of aryl methyl sites for hydroxylation is 1.